The lowest BCUT2D eigenvalue weighted by Crippen LogP contribution is -2.18. The number of nitrogens with one attached hydrogen (secondary N) is 1. The van der Waals surface area contributed by atoms with Crippen molar-refractivity contribution in [1.82, 2.24) is 0 Å². The third kappa shape index (κ3) is 4.32. The first-order valence-electron chi connectivity index (χ1n) is 5.40. The quantitative estimate of drug-likeness (QED) is 0.537. The van der Waals surface area contributed by atoms with Crippen LogP contribution in [0.15, 0.2) is 18.2 Å². The average molecular weight is 238 g/mol. The average Bonchev–Trinajstić information content (AvgIpc) is 2.22. The number of ether oxygens (including phenoxy) is 1. The summed E-state index contributed by atoms with van der Waals surface area (Å²) in [6.07, 6.45) is 0.369. The Kier molecular flexibility index (Phi) is 4.78. The number of hydrogen-bond donors (Lipinski definition) is 3. The van der Waals surface area contributed by atoms with Crippen molar-refractivity contribution >= 4 is 17.3 Å². The lowest BCUT2D eigenvalue weighted by molar-refractivity contribution is -0.117. The molecule has 0 radical (unpaired) electrons. The zero-order valence-corrected chi connectivity index (χ0v) is 10.1. The van der Waals surface area contributed by atoms with Crippen LogP contribution in [0.5, 0.6) is 5.75 Å². The van der Waals surface area contributed by atoms with Gasteiger partial charge < -0.3 is 20.9 Å². The van der Waals surface area contributed by atoms with E-state index >= 15 is 0 Å². The lowest BCUT2D eigenvalue weighted by atomic mass is 10.1. The van der Waals surface area contributed by atoms with Crippen LogP contribution in [0.1, 0.15) is 13.3 Å². The summed E-state index contributed by atoms with van der Waals surface area (Å²) in [4.78, 5) is 11.7. The molecule has 4 N–H and O–H groups in total. The fourth-order valence-electron chi connectivity index (χ4n) is 1.53. The maximum Gasteiger partial charge on any atom is 0.224 e. The molecule has 1 unspecified atom stereocenters. The number of hydrogen-bond acceptors (Lipinski definition) is 4. The van der Waals surface area contributed by atoms with Gasteiger partial charge in [0, 0.05) is 26.2 Å². The molecule has 0 aliphatic heterocycles. The van der Waals surface area contributed by atoms with Gasteiger partial charge in [-0.25, -0.2) is 0 Å². The van der Waals surface area contributed by atoms with E-state index in [0.29, 0.717) is 24.4 Å². The van der Waals surface area contributed by atoms with Gasteiger partial charge in [0.25, 0.3) is 0 Å². The molecule has 0 saturated carbocycles. The first-order valence-corrected chi connectivity index (χ1v) is 5.40. The molecule has 17 heavy (non-hydrogen) atoms. The Bertz CT molecular complexity index is 393. The van der Waals surface area contributed by atoms with Gasteiger partial charge in [0.1, 0.15) is 5.75 Å². The molecule has 0 saturated heterocycles. The van der Waals surface area contributed by atoms with Crippen molar-refractivity contribution in [3.63, 3.8) is 0 Å². The molecule has 1 amide bonds. The summed E-state index contributed by atoms with van der Waals surface area (Å²) in [5.74, 6) is 0.110. The topological polar surface area (TPSA) is 84.6 Å². The molecule has 0 fully saturated rings. The molecule has 1 aromatic carbocycles. The van der Waals surface area contributed by atoms with E-state index in [1.165, 1.54) is 12.1 Å². The summed E-state index contributed by atoms with van der Waals surface area (Å²) < 4.78 is 4.96. The van der Waals surface area contributed by atoms with Gasteiger partial charge in [-0.2, -0.15) is 0 Å². The number of carbonyl (C=O) groups is 1. The number of nitrogen functional groups attached to an aromatic ring is 1. The van der Waals surface area contributed by atoms with Crippen molar-refractivity contribution in [3.8, 4) is 5.75 Å². The number of amides is 1. The normalized spacial score (nSPS) is 12.1. The Balaban J connectivity index is 2.56. The number of carbonyl (C=O) groups excluding carboxylic acids is 1. The number of aromatic hydroxyl groups is 1. The number of methoxy groups -OCH3 is 1. The van der Waals surface area contributed by atoms with Crippen LogP contribution < -0.4 is 11.1 Å². The number of benzene rings is 1. The first kappa shape index (κ1) is 13.3. The van der Waals surface area contributed by atoms with Gasteiger partial charge in [-0.3, -0.25) is 4.79 Å². The second-order valence-electron chi connectivity index (χ2n) is 4.08. The molecule has 5 heteroatoms. The molecule has 0 aliphatic carbocycles. The molecule has 1 aromatic rings. The van der Waals surface area contributed by atoms with E-state index in [2.05, 4.69) is 5.32 Å². The van der Waals surface area contributed by atoms with Gasteiger partial charge in [-0.15, -0.1) is 0 Å². The Morgan fingerprint density at radius 1 is 1.59 bits per heavy atom. The highest BCUT2D eigenvalue weighted by Crippen LogP contribution is 2.23. The van der Waals surface area contributed by atoms with Crippen molar-refractivity contribution in [3.05, 3.63) is 18.2 Å². The third-order valence-electron chi connectivity index (χ3n) is 2.29. The van der Waals surface area contributed by atoms with E-state index < -0.39 is 0 Å². The van der Waals surface area contributed by atoms with Crippen LogP contribution in [0.4, 0.5) is 11.4 Å². The highest BCUT2D eigenvalue weighted by Gasteiger charge is 2.10. The summed E-state index contributed by atoms with van der Waals surface area (Å²) in [7, 11) is 1.60. The fraction of sp³-hybridized carbons (Fsp3) is 0.417. The Morgan fingerprint density at radius 3 is 2.88 bits per heavy atom. The minimum atomic E-state index is -0.119. The van der Waals surface area contributed by atoms with Gasteiger partial charge in [-0.1, -0.05) is 6.92 Å². The van der Waals surface area contributed by atoms with Crippen molar-refractivity contribution in [2.24, 2.45) is 5.92 Å². The zero-order chi connectivity index (χ0) is 12.8. The molecular formula is C12H18N2O3. The Morgan fingerprint density at radius 2 is 2.29 bits per heavy atom. The Labute approximate surface area is 101 Å². The summed E-state index contributed by atoms with van der Waals surface area (Å²) in [5.41, 5.74) is 6.52. The molecule has 1 rings (SSSR count). The summed E-state index contributed by atoms with van der Waals surface area (Å²) in [6, 6.07) is 4.45. The van der Waals surface area contributed by atoms with Crippen molar-refractivity contribution in [2.75, 3.05) is 24.8 Å². The van der Waals surface area contributed by atoms with Crippen LogP contribution in [0.25, 0.3) is 0 Å². The van der Waals surface area contributed by atoms with E-state index in [0.717, 1.165) is 0 Å². The third-order valence-corrected chi connectivity index (χ3v) is 2.29. The summed E-state index contributed by atoms with van der Waals surface area (Å²) in [6.45, 7) is 2.47. The number of phenolic OH excluding ortho intramolecular Hbond substituents is 1. The monoisotopic (exact) mass is 238 g/mol. The van der Waals surface area contributed by atoms with E-state index in [9.17, 15) is 9.90 Å². The largest absolute Gasteiger partial charge is 0.508 e. The number of rotatable bonds is 5. The Hall–Kier alpha value is -1.75. The lowest BCUT2D eigenvalue weighted by Gasteiger charge is -2.11. The van der Waals surface area contributed by atoms with Crippen molar-refractivity contribution in [1.29, 1.82) is 0 Å². The highest BCUT2D eigenvalue weighted by molar-refractivity contribution is 5.94. The van der Waals surface area contributed by atoms with Crippen LogP contribution in [-0.2, 0) is 9.53 Å². The van der Waals surface area contributed by atoms with E-state index in [1.54, 1.807) is 13.2 Å². The predicted molar refractivity (Wildman–Crippen MR) is 66.8 cm³/mol. The maximum absolute atomic E-state index is 11.7. The van der Waals surface area contributed by atoms with Crippen LogP contribution in [0.3, 0.4) is 0 Å². The second kappa shape index (κ2) is 6.10. The van der Waals surface area contributed by atoms with E-state index in [-0.39, 0.29) is 17.6 Å². The molecular weight excluding hydrogens is 220 g/mol. The summed E-state index contributed by atoms with van der Waals surface area (Å²) in [5, 5.41) is 11.9. The van der Waals surface area contributed by atoms with Gasteiger partial charge in [0.2, 0.25) is 5.91 Å². The molecule has 94 valence electrons. The number of phenols is 1. The SMILES string of the molecule is COCC(C)CC(=O)Nc1ccc(O)cc1N. The second-order valence-corrected chi connectivity index (χ2v) is 4.08. The van der Waals surface area contributed by atoms with Crippen LogP contribution in [-0.4, -0.2) is 24.7 Å². The van der Waals surface area contributed by atoms with Gasteiger partial charge in [0.15, 0.2) is 0 Å². The van der Waals surface area contributed by atoms with Crippen molar-refractivity contribution < 1.29 is 14.6 Å². The van der Waals surface area contributed by atoms with E-state index in [1.807, 2.05) is 6.92 Å². The van der Waals surface area contributed by atoms with Gasteiger partial charge >= 0.3 is 0 Å². The molecule has 0 heterocycles. The highest BCUT2D eigenvalue weighted by atomic mass is 16.5. The minimum Gasteiger partial charge on any atom is -0.508 e. The first-order chi connectivity index (χ1) is 8.02. The van der Waals surface area contributed by atoms with Gasteiger partial charge in [0.05, 0.1) is 11.4 Å². The molecule has 0 bridgehead atoms. The molecule has 0 spiro atoms. The summed E-state index contributed by atoms with van der Waals surface area (Å²) >= 11 is 0. The molecule has 0 aromatic heterocycles. The standard InChI is InChI=1S/C12H18N2O3/c1-8(7-17-2)5-12(16)14-11-4-3-9(15)6-10(11)13/h3-4,6,8,15H,5,7,13H2,1-2H3,(H,14,16). The molecule has 5 nitrogen and oxygen atoms in total. The van der Waals surface area contributed by atoms with Crippen LogP contribution in [0.2, 0.25) is 0 Å². The fourth-order valence-corrected chi connectivity index (χ4v) is 1.53. The smallest absolute Gasteiger partial charge is 0.224 e. The minimum absolute atomic E-state index is 0.0771. The molecule has 0 aliphatic rings. The number of anilines is 2. The van der Waals surface area contributed by atoms with Gasteiger partial charge in [-0.05, 0) is 18.1 Å². The molecule has 1 atom stereocenters. The van der Waals surface area contributed by atoms with Crippen LogP contribution >= 0.6 is 0 Å². The predicted octanol–water partition coefficient (Wildman–Crippen LogP) is 1.59. The van der Waals surface area contributed by atoms with E-state index in [4.69, 9.17) is 10.5 Å². The van der Waals surface area contributed by atoms with Crippen molar-refractivity contribution in [2.45, 2.75) is 13.3 Å². The maximum atomic E-state index is 11.7. The zero-order valence-electron chi connectivity index (χ0n) is 10.1. The van der Waals surface area contributed by atoms with Crippen LogP contribution in [0, 0.1) is 5.92 Å². The number of nitrogens with two attached hydrogens (primary N) is 1.